The van der Waals surface area contributed by atoms with Gasteiger partial charge in [0.25, 0.3) is 0 Å². The molecule has 1 aliphatic carbocycles. The summed E-state index contributed by atoms with van der Waals surface area (Å²) in [6.45, 7) is 0. The van der Waals surface area contributed by atoms with E-state index in [9.17, 15) is 0 Å². The summed E-state index contributed by atoms with van der Waals surface area (Å²) in [5, 5.41) is 8.34. The van der Waals surface area contributed by atoms with Crippen LogP contribution >= 0.6 is 0 Å². The van der Waals surface area contributed by atoms with Crippen molar-refractivity contribution in [1.82, 2.24) is 0 Å². The van der Waals surface area contributed by atoms with Gasteiger partial charge in [0.05, 0.1) is 6.07 Å². The molecule has 0 saturated heterocycles. The number of hydrogen-bond acceptors (Lipinski definition) is 1. The molecule has 0 N–H and O–H groups in total. The molecule has 61 valence electrons. The Morgan fingerprint density at radius 2 is 1.91 bits per heavy atom. The molecule has 0 bridgehead atoms. The Labute approximate surface area is 69.4 Å². The molecule has 0 aromatic rings. The second-order valence-corrected chi connectivity index (χ2v) is 3.32. The fourth-order valence-corrected chi connectivity index (χ4v) is 1.72. The van der Waals surface area contributed by atoms with Gasteiger partial charge in [-0.15, -0.1) is 0 Å². The Balaban J connectivity index is 2.01. The lowest BCUT2D eigenvalue weighted by molar-refractivity contribution is 0.499. The van der Waals surface area contributed by atoms with E-state index in [-0.39, 0.29) is 0 Å². The van der Waals surface area contributed by atoms with Crippen molar-refractivity contribution in [3.8, 4) is 6.07 Å². The van der Waals surface area contributed by atoms with Crippen molar-refractivity contribution in [1.29, 1.82) is 5.26 Å². The summed E-state index contributed by atoms with van der Waals surface area (Å²) in [5.41, 5.74) is 0. The number of nitrogens with zero attached hydrogens (tertiary/aromatic N) is 1. The summed E-state index contributed by atoms with van der Waals surface area (Å²) < 4.78 is 0. The lowest BCUT2D eigenvalue weighted by Gasteiger charge is -2.19. The number of unbranched alkanes of at least 4 members (excludes halogenated alkanes) is 1. The van der Waals surface area contributed by atoms with Gasteiger partial charge in [-0.1, -0.05) is 19.3 Å². The molecule has 0 aromatic carbocycles. The average molecular weight is 150 g/mol. The van der Waals surface area contributed by atoms with Crippen LogP contribution in [-0.4, -0.2) is 0 Å². The topological polar surface area (TPSA) is 23.8 Å². The Kier molecular flexibility index (Phi) is 4.04. The van der Waals surface area contributed by atoms with E-state index in [0.717, 1.165) is 12.8 Å². The highest BCUT2D eigenvalue weighted by atomic mass is 14.2. The van der Waals surface area contributed by atoms with E-state index in [1.807, 2.05) is 0 Å². The van der Waals surface area contributed by atoms with Gasteiger partial charge in [-0.2, -0.15) is 5.26 Å². The van der Waals surface area contributed by atoms with Crippen LogP contribution in [0.2, 0.25) is 0 Å². The maximum Gasteiger partial charge on any atom is 0.0621 e. The second kappa shape index (κ2) is 5.18. The molecular formula is C10H16N. The minimum absolute atomic E-state index is 0.740. The van der Waals surface area contributed by atoms with Crippen molar-refractivity contribution in [3.63, 3.8) is 0 Å². The van der Waals surface area contributed by atoms with E-state index in [4.69, 9.17) is 5.26 Å². The normalized spacial score (nSPS) is 19.5. The largest absolute Gasteiger partial charge is 0.198 e. The summed E-state index contributed by atoms with van der Waals surface area (Å²) >= 11 is 0. The van der Waals surface area contributed by atoms with E-state index in [2.05, 4.69) is 6.07 Å². The van der Waals surface area contributed by atoms with Crippen LogP contribution in [0.15, 0.2) is 0 Å². The van der Waals surface area contributed by atoms with Crippen LogP contribution in [0, 0.1) is 17.2 Å². The standard InChI is InChI=1S/C10H16N/c11-9-5-4-8-10-6-2-1-3-7-10/h1-8H2. The quantitative estimate of drug-likeness (QED) is 0.567. The van der Waals surface area contributed by atoms with E-state index in [1.165, 1.54) is 38.5 Å². The zero-order valence-electron chi connectivity index (χ0n) is 7.10. The van der Waals surface area contributed by atoms with Crippen LogP contribution in [0.3, 0.4) is 0 Å². The van der Waals surface area contributed by atoms with Crippen LogP contribution in [0.4, 0.5) is 0 Å². The van der Waals surface area contributed by atoms with E-state index >= 15 is 0 Å². The summed E-state index contributed by atoms with van der Waals surface area (Å²) in [4.78, 5) is 0. The van der Waals surface area contributed by atoms with Gasteiger partial charge >= 0.3 is 0 Å². The predicted molar refractivity (Wildman–Crippen MR) is 45.8 cm³/mol. The van der Waals surface area contributed by atoms with Crippen LogP contribution in [0.1, 0.15) is 51.4 Å². The lowest BCUT2D eigenvalue weighted by Crippen LogP contribution is -2.03. The minimum atomic E-state index is 0.740. The summed E-state index contributed by atoms with van der Waals surface area (Å²) in [6, 6.07) is 2.19. The highest BCUT2D eigenvalue weighted by molar-refractivity contribution is 4.92. The number of nitriles is 1. The molecule has 1 saturated carbocycles. The molecule has 1 heteroatoms. The minimum Gasteiger partial charge on any atom is -0.198 e. The molecule has 1 radical (unpaired) electrons. The number of rotatable bonds is 3. The number of hydrogen-bond donors (Lipinski definition) is 0. The van der Waals surface area contributed by atoms with E-state index < -0.39 is 0 Å². The Hall–Kier alpha value is -0.510. The van der Waals surface area contributed by atoms with Gasteiger partial charge in [0.15, 0.2) is 0 Å². The average Bonchev–Trinajstić information content (AvgIpc) is 2.07. The molecule has 1 aliphatic rings. The van der Waals surface area contributed by atoms with Crippen LogP contribution in [-0.2, 0) is 0 Å². The van der Waals surface area contributed by atoms with Crippen molar-refractivity contribution in [2.75, 3.05) is 0 Å². The maximum absolute atomic E-state index is 8.34. The molecule has 0 spiro atoms. The molecule has 1 nitrogen and oxygen atoms in total. The highest BCUT2D eigenvalue weighted by Crippen LogP contribution is 2.29. The van der Waals surface area contributed by atoms with Crippen molar-refractivity contribution in [2.45, 2.75) is 51.4 Å². The van der Waals surface area contributed by atoms with Gasteiger partial charge in [-0.3, -0.25) is 0 Å². The third-order valence-electron chi connectivity index (χ3n) is 2.38. The zero-order valence-corrected chi connectivity index (χ0v) is 7.10. The first-order chi connectivity index (χ1) is 5.43. The summed E-state index contributed by atoms with van der Waals surface area (Å²) in [5.74, 6) is 1.71. The molecule has 1 rings (SSSR count). The maximum atomic E-state index is 8.34. The molecule has 0 aromatic heterocycles. The predicted octanol–water partition coefficient (Wildman–Crippen LogP) is 3.22. The molecular weight excluding hydrogens is 134 g/mol. The van der Waals surface area contributed by atoms with Gasteiger partial charge < -0.3 is 0 Å². The molecule has 0 atom stereocenters. The van der Waals surface area contributed by atoms with Gasteiger partial charge in [0.1, 0.15) is 0 Å². The third kappa shape index (κ3) is 3.41. The molecule has 1 fully saturated rings. The van der Waals surface area contributed by atoms with Crippen LogP contribution in [0.25, 0.3) is 0 Å². The lowest BCUT2D eigenvalue weighted by atomic mass is 9.86. The smallest absolute Gasteiger partial charge is 0.0621 e. The Bertz CT molecular complexity index is 128. The molecule has 11 heavy (non-hydrogen) atoms. The summed E-state index contributed by atoms with van der Waals surface area (Å²) in [7, 11) is 0. The monoisotopic (exact) mass is 150 g/mol. The van der Waals surface area contributed by atoms with E-state index in [1.54, 1.807) is 5.92 Å². The van der Waals surface area contributed by atoms with Crippen LogP contribution in [0.5, 0.6) is 0 Å². The zero-order chi connectivity index (χ0) is 7.94. The molecule has 0 amide bonds. The van der Waals surface area contributed by atoms with Crippen molar-refractivity contribution in [2.24, 2.45) is 0 Å². The van der Waals surface area contributed by atoms with Gasteiger partial charge in [0.2, 0.25) is 0 Å². The first kappa shape index (κ1) is 8.59. The van der Waals surface area contributed by atoms with Gasteiger partial charge in [-0.25, -0.2) is 0 Å². The Morgan fingerprint density at radius 3 is 2.55 bits per heavy atom. The fraction of sp³-hybridized carbons (Fsp3) is 0.800. The highest BCUT2D eigenvalue weighted by Gasteiger charge is 2.12. The SMILES string of the molecule is N#CCCC[C]1CCCCC1. The molecule has 0 aliphatic heterocycles. The fourth-order valence-electron chi connectivity index (χ4n) is 1.72. The molecule has 0 heterocycles. The summed E-state index contributed by atoms with van der Waals surface area (Å²) in [6.07, 6.45) is 9.92. The Morgan fingerprint density at radius 1 is 1.18 bits per heavy atom. The van der Waals surface area contributed by atoms with E-state index in [0.29, 0.717) is 0 Å². The van der Waals surface area contributed by atoms with Gasteiger partial charge in [-0.05, 0) is 31.6 Å². The van der Waals surface area contributed by atoms with Gasteiger partial charge in [0, 0.05) is 6.42 Å². The van der Waals surface area contributed by atoms with Crippen molar-refractivity contribution in [3.05, 3.63) is 5.92 Å². The second-order valence-electron chi connectivity index (χ2n) is 3.32. The van der Waals surface area contributed by atoms with Crippen molar-refractivity contribution < 1.29 is 0 Å². The third-order valence-corrected chi connectivity index (χ3v) is 2.38. The van der Waals surface area contributed by atoms with Crippen molar-refractivity contribution >= 4 is 0 Å². The van der Waals surface area contributed by atoms with Crippen LogP contribution < -0.4 is 0 Å². The first-order valence-electron chi connectivity index (χ1n) is 4.64. The first-order valence-corrected chi connectivity index (χ1v) is 4.64. The molecule has 0 unspecified atom stereocenters.